The van der Waals surface area contributed by atoms with E-state index in [-0.39, 0.29) is 0 Å². The van der Waals surface area contributed by atoms with Gasteiger partial charge in [0.25, 0.3) is 0 Å². The Bertz CT molecular complexity index is 1930. The van der Waals surface area contributed by atoms with E-state index in [1.165, 1.54) is 32.7 Å². The van der Waals surface area contributed by atoms with Gasteiger partial charge in [0.2, 0.25) is 5.69 Å². The normalized spacial score (nSPS) is 11.7. The molecule has 0 bridgehead atoms. The van der Waals surface area contributed by atoms with Gasteiger partial charge < -0.3 is 4.42 Å². The van der Waals surface area contributed by atoms with Crippen molar-refractivity contribution >= 4 is 43.5 Å². The highest BCUT2D eigenvalue weighted by Gasteiger charge is 2.21. The van der Waals surface area contributed by atoms with Gasteiger partial charge in [-0.2, -0.15) is 0 Å². The third-order valence-corrected chi connectivity index (χ3v) is 7.24. The second-order valence-corrected chi connectivity index (χ2v) is 9.34. The molecule has 2 aromatic heterocycles. The maximum Gasteiger partial charge on any atom is 0.216 e. The van der Waals surface area contributed by atoms with Crippen LogP contribution in [0.3, 0.4) is 0 Å². The Hall–Kier alpha value is -4.43. The van der Waals surface area contributed by atoms with Crippen molar-refractivity contribution in [2.45, 2.75) is 6.92 Å². The van der Waals surface area contributed by atoms with E-state index in [4.69, 9.17) is 4.42 Å². The van der Waals surface area contributed by atoms with E-state index in [0.717, 1.165) is 38.8 Å². The Balaban J connectivity index is 1.50. The Morgan fingerprint density at radius 1 is 0.600 bits per heavy atom. The third-order valence-electron chi connectivity index (χ3n) is 7.24. The van der Waals surface area contributed by atoms with Gasteiger partial charge in [0.15, 0.2) is 6.20 Å². The molecule has 0 atom stereocenters. The average molecular weight is 451 g/mol. The van der Waals surface area contributed by atoms with Gasteiger partial charge in [-0.15, -0.1) is 0 Å². The predicted octanol–water partition coefficient (Wildman–Crippen LogP) is 8.36. The lowest BCUT2D eigenvalue weighted by Gasteiger charge is -2.08. The molecule has 0 saturated heterocycles. The Kier molecular flexibility index (Phi) is 4.31. The molecule has 0 aliphatic heterocycles. The molecule has 0 fully saturated rings. The molecule has 7 aromatic rings. The monoisotopic (exact) mass is 450 g/mol. The summed E-state index contributed by atoms with van der Waals surface area (Å²) in [5.41, 5.74) is 7.67. The standard InChI is InChI=1S/C33H24NO/c1-21-13-17-29-28-11-7-10-27(32(28)35-33(29)31(21)30-12-5-6-19-34(30)2)24-16-18-26-23(20-24)15-14-22-8-3-4-9-25(22)26/h3-20H,1-2H3/q+1. The van der Waals surface area contributed by atoms with Crippen LogP contribution in [0.4, 0.5) is 0 Å². The highest BCUT2D eigenvalue weighted by atomic mass is 16.3. The SMILES string of the molecule is Cc1ccc2c(oc3c(-c4ccc5c(ccc6ccccc65)c4)cccc32)c1-c1cccc[n+]1C. The summed E-state index contributed by atoms with van der Waals surface area (Å²) in [6.07, 6.45) is 2.08. The molecule has 0 amide bonds. The molecule has 0 radical (unpaired) electrons. The van der Waals surface area contributed by atoms with Crippen LogP contribution in [0.5, 0.6) is 0 Å². The zero-order valence-corrected chi connectivity index (χ0v) is 19.7. The number of fused-ring (bicyclic) bond motifs is 6. The van der Waals surface area contributed by atoms with E-state index < -0.39 is 0 Å². The average Bonchev–Trinajstić information content (AvgIpc) is 3.27. The van der Waals surface area contributed by atoms with Gasteiger partial charge in [0.05, 0.1) is 5.56 Å². The Morgan fingerprint density at radius 2 is 1.34 bits per heavy atom. The first kappa shape index (κ1) is 20.0. The number of nitrogens with zero attached hydrogens (tertiary/aromatic N) is 1. The number of pyridine rings is 1. The van der Waals surface area contributed by atoms with E-state index in [1.54, 1.807) is 0 Å². The van der Waals surface area contributed by atoms with E-state index >= 15 is 0 Å². The summed E-state index contributed by atoms with van der Waals surface area (Å²) < 4.78 is 8.88. The minimum atomic E-state index is 0.938. The van der Waals surface area contributed by atoms with Gasteiger partial charge in [-0.3, -0.25) is 0 Å². The van der Waals surface area contributed by atoms with Crippen LogP contribution in [-0.2, 0) is 7.05 Å². The second kappa shape index (κ2) is 7.54. The van der Waals surface area contributed by atoms with Crippen LogP contribution in [0.15, 0.2) is 114 Å². The van der Waals surface area contributed by atoms with E-state index in [9.17, 15) is 0 Å². The lowest BCUT2D eigenvalue weighted by Crippen LogP contribution is -2.30. The molecular formula is C33H24NO+. The van der Waals surface area contributed by atoms with E-state index in [0.29, 0.717) is 0 Å². The van der Waals surface area contributed by atoms with Crippen molar-refractivity contribution in [2.24, 2.45) is 7.05 Å². The fourth-order valence-corrected chi connectivity index (χ4v) is 5.47. The van der Waals surface area contributed by atoms with Crippen molar-refractivity contribution in [1.29, 1.82) is 0 Å². The molecule has 5 aromatic carbocycles. The molecule has 0 saturated carbocycles. The number of furan rings is 1. The molecule has 2 heteroatoms. The van der Waals surface area contributed by atoms with Crippen molar-refractivity contribution in [3.05, 3.63) is 115 Å². The van der Waals surface area contributed by atoms with Gasteiger partial charge in [-0.05, 0) is 51.7 Å². The number of hydrogen-bond acceptors (Lipinski definition) is 1. The molecule has 0 aliphatic carbocycles. The molecule has 7 rings (SSSR count). The fourth-order valence-electron chi connectivity index (χ4n) is 5.47. The molecule has 0 aliphatic rings. The molecule has 2 heterocycles. The number of aromatic nitrogens is 1. The summed E-state index contributed by atoms with van der Waals surface area (Å²) in [7, 11) is 2.08. The zero-order valence-electron chi connectivity index (χ0n) is 19.7. The number of para-hydroxylation sites is 1. The van der Waals surface area contributed by atoms with Gasteiger partial charge in [-0.25, -0.2) is 4.57 Å². The van der Waals surface area contributed by atoms with Crippen molar-refractivity contribution < 1.29 is 8.98 Å². The van der Waals surface area contributed by atoms with Crippen molar-refractivity contribution in [2.75, 3.05) is 0 Å². The Morgan fingerprint density at radius 3 is 2.26 bits per heavy atom. The minimum absolute atomic E-state index is 0.938. The molecule has 166 valence electrons. The molecule has 2 nitrogen and oxygen atoms in total. The second-order valence-electron chi connectivity index (χ2n) is 9.34. The molecular weight excluding hydrogens is 426 g/mol. The van der Waals surface area contributed by atoms with Gasteiger partial charge in [0.1, 0.15) is 18.2 Å². The van der Waals surface area contributed by atoms with Crippen LogP contribution < -0.4 is 4.57 Å². The molecule has 0 unspecified atom stereocenters. The van der Waals surface area contributed by atoms with Gasteiger partial charge in [-0.1, -0.05) is 78.9 Å². The quantitative estimate of drug-likeness (QED) is 0.191. The minimum Gasteiger partial charge on any atom is -0.454 e. The smallest absolute Gasteiger partial charge is 0.216 e. The maximum atomic E-state index is 6.73. The lowest BCUT2D eigenvalue weighted by atomic mass is 9.96. The van der Waals surface area contributed by atoms with Crippen molar-refractivity contribution in [3.8, 4) is 22.4 Å². The van der Waals surface area contributed by atoms with Crippen molar-refractivity contribution in [1.82, 2.24) is 0 Å². The topological polar surface area (TPSA) is 17.0 Å². The third kappa shape index (κ3) is 3.00. The number of rotatable bonds is 2. The van der Waals surface area contributed by atoms with Crippen LogP contribution in [0.25, 0.3) is 65.9 Å². The van der Waals surface area contributed by atoms with E-state index in [2.05, 4.69) is 128 Å². The first-order valence-electron chi connectivity index (χ1n) is 12.0. The number of hydrogen-bond donors (Lipinski definition) is 0. The molecule has 35 heavy (non-hydrogen) atoms. The maximum absolute atomic E-state index is 6.73. The summed E-state index contributed by atoms with van der Waals surface area (Å²) in [6, 6.07) is 36.9. The summed E-state index contributed by atoms with van der Waals surface area (Å²) >= 11 is 0. The van der Waals surface area contributed by atoms with E-state index in [1.807, 2.05) is 0 Å². The van der Waals surface area contributed by atoms with Crippen LogP contribution in [0.1, 0.15) is 5.56 Å². The lowest BCUT2D eigenvalue weighted by molar-refractivity contribution is -0.660. The van der Waals surface area contributed by atoms with Gasteiger partial charge >= 0.3 is 0 Å². The number of aryl methyl sites for hydroxylation is 2. The van der Waals surface area contributed by atoms with Gasteiger partial charge in [0, 0.05) is 28.5 Å². The molecule has 0 N–H and O–H groups in total. The van der Waals surface area contributed by atoms with Crippen LogP contribution in [-0.4, -0.2) is 0 Å². The van der Waals surface area contributed by atoms with Crippen molar-refractivity contribution in [3.63, 3.8) is 0 Å². The first-order valence-corrected chi connectivity index (χ1v) is 12.0. The van der Waals surface area contributed by atoms with Crippen LogP contribution in [0.2, 0.25) is 0 Å². The predicted molar refractivity (Wildman–Crippen MR) is 146 cm³/mol. The summed E-state index contributed by atoms with van der Waals surface area (Å²) in [5.74, 6) is 0. The summed E-state index contributed by atoms with van der Waals surface area (Å²) in [5, 5.41) is 7.37. The summed E-state index contributed by atoms with van der Waals surface area (Å²) in [6.45, 7) is 2.16. The fraction of sp³-hybridized carbons (Fsp3) is 0.0606. The van der Waals surface area contributed by atoms with Crippen LogP contribution >= 0.6 is 0 Å². The summed E-state index contributed by atoms with van der Waals surface area (Å²) in [4.78, 5) is 0. The molecule has 0 spiro atoms. The highest BCUT2D eigenvalue weighted by molar-refractivity contribution is 6.14. The highest BCUT2D eigenvalue weighted by Crippen LogP contribution is 2.41. The Labute approximate surface area is 203 Å². The number of benzene rings is 5. The van der Waals surface area contributed by atoms with Crippen LogP contribution in [0, 0.1) is 6.92 Å². The zero-order chi connectivity index (χ0) is 23.5. The first-order chi connectivity index (χ1) is 17.2. The largest absolute Gasteiger partial charge is 0.454 e.